The molecule has 4 rings (SSSR count). The number of aromatic nitrogens is 3. The van der Waals surface area contributed by atoms with Crippen LogP contribution in [-0.2, 0) is 4.79 Å². The highest BCUT2D eigenvalue weighted by atomic mass is 16.2. The topological polar surface area (TPSA) is 133 Å². The van der Waals surface area contributed by atoms with Gasteiger partial charge in [0.15, 0.2) is 5.65 Å². The van der Waals surface area contributed by atoms with Crippen LogP contribution in [0.1, 0.15) is 45.4 Å². The van der Waals surface area contributed by atoms with E-state index in [0.717, 1.165) is 37.5 Å². The van der Waals surface area contributed by atoms with Crippen LogP contribution in [0, 0.1) is 23.2 Å². The van der Waals surface area contributed by atoms with Crippen molar-refractivity contribution in [1.29, 1.82) is 5.26 Å². The molecule has 180 valence electrons. The Morgan fingerprint density at radius 1 is 1.32 bits per heavy atom. The molecule has 1 saturated carbocycles. The minimum atomic E-state index is -0.235. The largest absolute Gasteiger partial charge is 0.341 e. The second-order valence-electron chi connectivity index (χ2n) is 9.49. The third kappa shape index (κ3) is 4.94. The van der Waals surface area contributed by atoms with Crippen LogP contribution < -0.4 is 11.1 Å². The van der Waals surface area contributed by atoms with E-state index >= 15 is 0 Å². The molecule has 10 heteroatoms. The number of nitrogens with two attached hydrogens (primary N) is 1. The lowest BCUT2D eigenvalue weighted by molar-refractivity contribution is -0.405. The predicted octanol–water partition coefficient (Wildman–Crippen LogP) is 2.00. The molecule has 3 N–H and O–H groups in total. The van der Waals surface area contributed by atoms with Crippen LogP contribution >= 0.6 is 0 Å². The van der Waals surface area contributed by atoms with Crippen molar-refractivity contribution >= 4 is 35.0 Å². The van der Waals surface area contributed by atoms with Crippen molar-refractivity contribution < 1.29 is 14.2 Å². The average molecular weight is 466 g/mol. The molecule has 1 saturated heterocycles. The van der Waals surface area contributed by atoms with E-state index in [2.05, 4.69) is 28.4 Å². The number of likely N-dealkylation sites (tertiary alicyclic amines) is 1. The van der Waals surface area contributed by atoms with Crippen molar-refractivity contribution in [3.63, 3.8) is 0 Å². The summed E-state index contributed by atoms with van der Waals surface area (Å²) in [5, 5.41) is 12.7. The van der Waals surface area contributed by atoms with E-state index in [0.29, 0.717) is 30.5 Å². The fourth-order valence-electron chi connectivity index (χ4n) is 5.01. The molecule has 0 bridgehead atoms. The molecule has 1 aliphatic heterocycles. The number of piperidine rings is 1. The van der Waals surface area contributed by atoms with Crippen LogP contribution in [0.25, 0.3) is 11.0 Å². The van der Waals surface area contributed by atoms with Gasteiger partial charge in [-0.3, -0.25) is 9.36 Å². The summed E-state index contributed by atoms with van der Waals surface area (Å²) in [4.78, 5) is 35.8. The first kappa shape index (κ1) is 23.8. The lowest BCUT2D eigenvalue weighted by atomic mass is 9.87. The Morgan fingerprint density at radius 3 is 2.88 bits per heavy atom. The van der Waals surface area contributed by atoms with Gasteiger partial charge in [-0.1, -0.05) is 19.8 Å². The highest BCUT2D eigenvalue weighted by molar-refractivity contribution is 5.93. The molecule has 1 aliphatic carbocycles. The van der Waals surface area contributed by atoms with Crippen molar-refractivity contribution in [2.24, 2.45) is 17.6 Å². The number of hydrogen-bond donors (Lipinski definition) is 2. The molecular weight excluding hydrogens is 432 g/mol. The summed E-state index contributed by atoms with van der Waals surface area (Å²) in [6, 6.07) is 3.50. The molecule has 3 unspecified atom stereocenters. The van der Waals surface area contributed by atoms with Gasteiger partial charge in [-0.25, -0.2) is 9.37 Å². The summed E-state index contributed by atoms with van der Waals surface area (Å²) in [7, 11) is 1.92. The van der Waals surface area contributed by atoms with Crippen LogP contribution in [0.5, 0.6) is 0 Å². The first-order valence-corrected chi connectivity index (χ1v) is 12.0. The lowest BCUT2D eigenvalue weighted by Gasteiger charge is -2.34. The second-order valence-corrected chi connectivity index (χ2v) is 9.49. The normalized spacial score (nSPS) is 25.7. The summed E-state index contributed by atoms with van der Waals surface area (Å²) >= 11 is 0. The van der Waals surface area contributed by atoms with Gasteiger partial charge in [-0.2, -0.15) is 10.2 Å². The molecule has 0 radical (unpaired) electrons. The molecule has 2 fully saturated rings. The summed E-state index contributed by atoms with van der Waals surface area (Å²) < 4.78 is 3.46. The highest BCUT2D eigenvalue weighted by Gasteiger charge is 2.30. The summed E-state index contributed by atoms with van der Waals surface area (Å²) in [6.07, 6.45) is 10.0. The van der Waals surface area contributed by atoms with Crippen molar-refractivity contribution in [1.82, 2.24) is 24.8 Å². The SMILES string of the molecule is C[C@@H]1CCN(C(=O)CC#N)CC1C=[N+](C)c1ncnc2c1ccn2C(=O)NC1CCCCC1N. The van der Waals surface area contributed by atoms with Gasteiger partial charge < -0.3 is 16.0 Å². The zero-order valence-corrected chi connectivity index (χ0v) is 19.9. The first-order chi connectivity index (χ1) is 16.4. The van der Waals surface area contributed by atoms with E-state index in [9.17, 15) is 9.59 Å². The molecular formula is C24H33N8O2+. The first-order valence-electron chi connectivity index (χ1n) is 12.0. The second kappa shape index (κ2) is 10.3. The Hall–Kier alpha value is -3.32. The Labute approximate surface area is 199 Å². The van der Waals surface area contributed by atoms with E-state index in [-0.39, 0.29) is 36.4 Å². The molecule has 3 heterocycles. The number of amides is 2. The van der Waals surface area contributed by atoms with E-state index in [1.165, 1.54) is 10.9 Å². The van der Waals surface area contributed by atoms with Gasteiger partial charge in [0.05, 0.1) is 19.3 Å². The van der Waals surface area contributed by atoms with Gasteiger partial charge in [0.1, 0.15) is 11.8 Å². The number of hydrogen-bond acceptors (Lipinski definition) is 6. The Morgan fingerprint density at radius 2 is 2.12 bits per heavy atom. The molecule has 2 aliphatic rings. The summed E-state index contributed by atoms with van der Waals surface area (Å²) in [5.74, 6) is 1.09. The summed E-state index contributed by atoms with van der Waals surface area (Å²) in [6.45, 7) is 3.43. The van der Waals surface area contributed by atoms with Crippen molar-refractivity contribution in [2.45, 2.75) is 57.5 Å². The third-order valence-electron chi connectivity index (χ3n) is 7.16. The number of nitrogens with one attached hydrogen (secondary N) is 1. The average Bonchev–Trinajstić information content (AvgIpc) is 3.26. The number of carbonyl (C=O) groups is 2. The number of nitriles is 1. The van der Waals surface area contributed by atoms with Crippen LogP contribution in [-0.4, -0.2) is 74.4 Å². The van der Waals surface area contributed by atoms with Gasteiger partial charge in [0.2, 0.25) is 12.2 Å². The number of nitrogens with zero attached hydrogens (tertiary/aromatic N) is 6. The monoisotopic (exact) mass is 465 g/mol. The van der Waals surface area contributed by atoms with Crippen LogP contribution in [0.2, 0.25) is 0 Å². The minimum Gasteiger partial charge on any atom is -0.341 e. The highest BCUT2D eigenvalue weighted by Crippen LogP contribution is 2.26. The maximum Gasteiger partial charge on any atom is 0.335 e. The molecule has 2 aromatic heterocycles. The predicted molar refractivity (Wildman–Crippen MR) is 128 cm³/mol. The van der Waals surface area contributed by atoms with Crippen molar-refractivity contribution in [3.8, 4) is 6.07 Å². The maximum atomic E-state index is 13.0. The van der Waals surface area contributed by atoms with Crippen molar-refractivity contribution in [2.75, 3.05) is 20.1 Å². The van der Waals surface area contributed by atoms with Crippen molar-refractivity contribution in [3.05, 3.63) is 18.6 Å². The van der Waals surface area contributed by atoms with Gasteiger partial charge in [-0.05, 0) is 36.2 Å². The van der Waals surface area contributed by atoms with Crippen LogP contribution in [0.3, 0.4) is 0 Å². The fraction of sp³-hybridized carbons (Fsp3) is 0.583. The molecule has 10 nitrogen and oxygen atoms in total. The molecule has 0 aromatic carbocycles. The van der Waals surface area contributed by atoms with Gasteiger partial charge >= 0.3 is 11.8 Å². The molecule has 0 spiro atoms. The van der Waals surface area contributed by atoms with E-state index in [4.69, 9.17) is 11.0 Å². The Balaban J connectivity index is 1.55. The summed E-state index contributed by atoms with van der Waals surface area (Å²) in [5.41, 5.74) is 6.74. The van der Waals surface area contributed by atoms with Gasteiger partial charge in [0, 0.05) is 37.3 Å². The molecule has 2 aromatic rings. The molecule has 34 heavy (non-hydrogen) atoms. The third-order valence-corrected chi connectivity index (χ3v) is 7.16. The number of carbonyl (C=O) groups excluding carboxylic acids is 2. The zero-order chi connectivity index (χ0) is 24.2. The van der Waals surface area contributed by atoms with Crippen LogP contribution in [0.15, 0.2) is 18.6 Å². The fourth-order valence-corrected chi connectivity index (χ4v) is 5.01. The number of rotatable bonds is 4. The van der Waals surface area contributed by atoms with Gasteiger partial charge in [0.25, 0.3) is 0 Å². The maximum absolute atomic E-state index is 13.0. The Kier molecular flexibility index (Phi) is 7.22. The smallest absolute Gasteiger partial charge is 0.335 e. The molecule has 2 amide bonds. The van der Waals surface area contributed by atoms with E-state index in [1.807, 2.05) is 23.8 Å². The lowest BCUT2D eigenvalue weighted by Crippen LogP contribution is -2.50. The Bertz CT molecular complexity index is 1130. The quantitative estimate of drug-likeness (QED) is 0.524. The van der Waals surface area contributed by atoms with E-state index < -0.39 is 0 Å². The molecule has 4 atom stereocenters. The van der Waals surface area contributed by atoms with Gasteiger partial charge in [-0.15, -0.1) is 0 Å². The minimum absolute atomic E-state index is 0.0254. The zero-order valence-electron chi connectivity index (χ0n) is 19.9. The van der Waals surface area contributed by atoms with Crippen LogP contribution in [0.4, 0.5) is 10.6 Å². The van der Waals surface area contributed by atoms with E-state index in [1.54, 1.807) is 11.1 Å². The standard InChI is InChI=1S/C24H32N8O2/c1-16-8-11-31(21(33)7-10-25)14-17(16)13-30(2)22-18-9-12-32(23(18)28-15-27-22)24(34)29-20-6-4-3-5-19(20)26/h9,12-13,15-17,19-20H,3-8,11,14,26H2,1-2H3/p+1/t16-,17?,19?,20?/m1/s1. The number of fused-ring (bicyclic) bond motifs is 1.